The number of rotatable bonds is 3. The molecule has 110 valence electrons. The molecule has 1 N–H and O–H groups in total. The van der Waals surface area contributed by atoms with Crippen molar-refractivity contribution >= 4 is 28.9 Å². The molecule has 0 aromatic heterocycles. The minimum Gasteiger partial charge on any atom is -0.360 e. The molecule has 0 amide bonds. The van der Waals surface area contributed by atoms with Gasteiger partial charge in [-0.3, -0.25) is 0 Å². The Morgan fingerprint density at radius 2 is 1.71 bits per heavy atom. The molecule has 4 heteroatoms. The summed E-state index contributed by atoms with van der Waals surface area (Å²) in [6.07, 6.45) is 0. The number of hydrogen-bond donors (Lipinski definition) is 1. The van der Waals surface area contributed by atoms with Crippen LogP contribution in [0, 0.1) is 0 Å². The number of piperazine rings is 1. The monoisotopic (exact) mass is 321 g/mol. The van der Waals surface area contributed by atoms with Crippen LogP contribution in [0.4, 0.5) is 5.69 Å². The second kappa shape index (κ2) is 6.69. The lowest BCUT2D eigenvalue weighted by Crippen LogP contribution is -3.13. The first-order chi connectivity index (χ1) is 10.2. The highest BCUT2D eigenvalue weighted by Gasteiger charge is 2.21. The summed E-state index contributed by atoms with van der Waals surface area (Å²) < 4.78 is 0. The van der Waals surface area contributed by atoms with Crippen LogP contribution in [0.5, 0.6) is 0 Å². The zero-order chi connectivity index (χ0) is 14.7. The van der Waals surface area contributed by atoms with Gasteiger partial charge in [0, 0.05) is 21.3 Å². The summed E-state index contributed by atoms with van der Waals surface area (Å²) in [6.45, 7) is 5.36. The molecule has 0 atom stereocenters. The minimum absolute atomic E-state index is 0.804. The third-order valence-corrected chi connectivity index (χ3v) is 4.65. The molecule has 0 unspecified atom stereocenters. The standard InChI is InChI=1S/C17H18Cl2N2/c18-15-5-3-6-16(12-15)21-10-8-20(9-11-21)13-14-4-1-2-7-17(14)19/h1-7,12H,8-11,13H2/p+1. The number of quaternary nitrogens is 1. The summed E-state index contributed by atoms with van der Waals surface area (Å²) in [5.74, 6) is 0. The van der Waals surface area contributed by atoms with Gasteiger partial charge in [0.2, 0.25) is 0 Å². The highest BCUT2D eigenvalue weighted by molar-refractivity contribution is 6.31. The van der Waals surface area contributed by atoms with Gasteiger partial charge in [-0.15, -0.1) is 0 Å². The van der Waals surface area contributed by atoms with Gasteiger partial charge in [-0.1, -0.05) is 47.5 Å². The largest absolute Gasteiger partial charge is 0.360 e. The smallest absolute Gasteiger partial charge is 0.104 e. The lowest BCUT2D eigenvalue weighted by Gasteiger charge is -2.33. The third kappa shape index (κ3) is 3.70. The Hall–Kier alpha value is -1.22. The molecule has 1 aliphatic rings. The van der Waals surface area contributed by atoms with Crippen molar-refractivity contribution in [1.29, 1.82) is 0 Å². The van der Waals surface area contributed by atoms with Gasteiger partial charge >= 0.3 is 0 Å². The van der Waals surface area contributed by atoms with Crippen molar-refractivity contribution in [2.24, 2.45) is 0 Å². The van der Waals surface area contributed by atoms with E-state index < -0.39 is 0 Å². The summed E-state index contributed by atoms with van der Waals surface area (Å²) in [7, 11) is 0. The number of anilines is 1. The Labute approximate surface area is 135 Å². The number of benzene rings is 2. The molecule has 3 rings (SSSR count). The Kier molecular flexibility index (Phi) is 4.69. The quantitative estimate of drug-likeness (QED) is 0.913. The highest BCUT2D eigenvalue weighted by Crippen LogP contribution is 2.19. The van der Waals surface area contributed by atoms with E-state index in [-0.39, 0.29) is 0 Å². The topological polar surface area (TPSA) is 7.68 Å². The zero-order valence-electron chi connectivity index (χ0n) is 11.9. The molecule has 1 fully saturated rings. The first-order valence-electron chi connectivity index (χ1n) is 7.30. The summed E-state index contributed by atoms with van der Waals surface area (Å²) in [4.78, 5) is 3.99. The maximum absolute atomic E-state index is 6.25. The number of nitrogens with zero attached hydrogens (tertiary/aromatic N) is 1. The predicted octanol–water partition coefficient (Wildman–Crippen LogP) is 2.90. The van der Waals surface area contributed by atoms with Crippen LogP contribution in [0.15, 0.2) is 48.5 Å². The van der Waals surface area contributed by atoms with E-state index in [2.05, 4.69) is 23.1 Å². The molecule has 1 heterocycles. The average molecular weight is 322 g/mol. The summed E-state index contributed by atoms with van der Waals surface area (Å²) in [5.41, 5.74) is 2.46. The van der Waals surface area contributed by atoms with E-state index in [1.165, 1.54) is 11.3 Å². The van der Waals surface area contributed by atoms with E-state index in [0.717, 1.165) is 42.8 Å². The van der Waals surface area contributed by atoms with Crippen LogP contribution in [0.1, 0.15) is 5.56 Å². The van der Waals surface area contributed by atoms with Gasteiger partial charge in [-0.25, -0.2) is 0 Å². The van der Waals surface area contributed by atoms with Gasteiger partial charge in [0.25, 0.3) is 0 Å². The molecule has 0 radical (unpaired) electrons. The van der Waals surface area contributed by atoms with Crippen molar-refractivity contribution in [3.8, 4) is 0 Å². The Balaban J connectivity index is 1.59. The van der Waals surface area contributed by atoms with E-state index in [4.69, 9.17) is 23.2 Å². The fraction of sp³-hybridized carbons (Fsp3) is 0.294. The molecule has 0 saturated carbocycles. The van der Waals surface area contributed by atoms with Gasteiger partial charge < -0.3 is 9.80 Å². The van der Waals surface area contributed by atoms with Crippen molar-refractivity contribution in [2.45, 2.75) is 6.54 Å². The van der Waals surface area contributed by atoms with Crippen molar-refractivity contribution in [3.05, 3.63) is 64.1 Å². The minimum atomic E-state index is 0.804. The van der Waals surface area contributed by atoms with Gasteiger partial charge in [0.1, 0.15) is 6.54 Å². The van der Waals surface area contributed by atoms with E-state index in [1.807, 2.05) is 30.3 Å². The number of nitrogens with one attached hydrogen (secondary N) is 1. The average Bonchev–Trinajstić information content (AvgIpc) is 2.50. The highest BCUT2D eigenvalue weighted by atomic mass is 35.5. The lowest BCUT2D eigenvalue weighted by molar-refractivity contribution is -0.914. The lowest BCUT2D eigenvalue weighted by atomic mass is 10.2. The Morgan fingerprint density at radius 1 is 0.952 bits per heavy atom. The molecule has 2 aromatic rings. The summed E-state index contributed by atoms with van der Waals surface area (Å²) in [5, 5.41) is 1.68. The van der Waals surface area contributed by atoms with Gasteiger partial charge in [-0.05, 0) is 24.3 Å². The van der Waals surface area contributed by atoms with Crippen molar-refractivity contribution in [2.75, 3.05) is 31.1 Å². The van der Waals surface area contributed by atoms with E-state index in [1.54, 1.807) is 4.90 Å². The Morgan fingerprint density at radius 3 is 2.43 bits per heavy atom. The van der Waals surface area contributed by atoms with Crippen LogP contribution >= 0.6 is 23.2 Å². The molecule has 0 aliphatic carbocycles. The van der Waals surface area contributed by atoms with E-state index in [9.17, 15) is 0 Å². The van der Waals surface area contributed by atoms with Gasteiger partial charge in [0.15, 0.2) is 0 Å². The van der Waals surface area contributed by atoms with Gasteiger partial charge in [-0.2, -0.15) is 0 Å². The fourth-order valence-corrected chi connectivity index (χ4v) is 3.23. The van der Waals surface area contributed by atoms with Crippen LogP contribution < -0.4 is 9.80 Å². The number of hydrogen-bond acceptors (Lipinski definition) is 1. The summed E-state index contributed by atoms with van der Waals surface area (Å²) >= 11 is 12.3. The SMILES string of the molecule is Clc1cccc(N2CC[NH+](Cc3ccccc3Cl)CC2)c1. The molecular formula is C17H19Cl2N2+. The van der Waals surface area contributed by atoms with Crippen molar-refractivity contribution in [3.63, 3.8) is 0 Å². The third-order valence-electron chi connectivity index (χ3n) is 4.04. The maximum atomic E-state index is 6.25. The van der Waals surface area contributed by atoms with Crippen LogP contribution in [0.25, 0.3) is 0 Å². The fourth-order valence-electron chi connectivity index (χ4n) is 2.84. The number of halogens is 2. The first kappa shape index (κ1) is 14.7. The van der Waals surface area contributed by atoms with E-state index >= 15 is 0 Å². The van der Waals surface area contributed by atoms with Crippen molar-refractivity contribution in [1.82, 2.24) is 0 Å². The molecule has 21 heavy (non-hydrogen) atoms. The van der Waals surface area contributed by atoms with Crippen LogP contribution in [-0.2, 0) is 6.54 Å². The maximum Gasteiger partial charge on any atom is 0.104 e. The molecule has 0 bridgehead atoms. The predicted molar refractivity (Wildman–Crippen MR) is 89.5 cm³/mol. The Bertz CT molecular complexity index is 607. The molecule has 2 nitrogen and oxygen atoms in total. The molecule has 1 saturated heterocycles. The van der Waals surface area contributed by atoms with E-state index in [0.29, 0.717) is 0 Å². The molecule has 2 aromatic carbocycles. The zero-order valence-corrected chi connectivity index (χ0v) is 13.4. The second-order valence-corrected chi connectivity index (χ2v) is 6.33. The van der Waals surface area contributed by atoms with Gasteiger partial charge in [0.05, 0.1) is 26.2 Å². The molecule has 0 spiro atoms. The van der Waals surface area contributed by atoms with Crippen LogP contribution in [-0.4, -0.2) is 26.2 Å². The van der Waals surface area contributed by atoms with Crippen LogP contribution in [0.2, 0.25) is 10.0 Å². The van der Waals surface area contributed by atoms with Crippen molar-refractivity contribution < 1.29 is 4.90 Å². The van der Waals surface area contributed by atoms with Crippen LogP contribution in [0.3, 0.4) is 0 Å². The normalized spacial score (nSPS) is 16.2. The first-order valence-corrected chi connectivity index (χ1v) is 8.05. The molecular weight excluding hydrogens is 303 g/mol. The summed E-state index contributed by atoms with van der Waals surface area (Å²) in [6, 6.07) is 16.2. The molecule has 1 aliphatic heterocycles. The second-order valence-electron chi connectivity index (χ2n) is 5.49.